The maximum atomic E-state index is 9.18. The Balaban J connectivity index is 2.14. The molecule has 2 aromatic carbocycles. The molecule has 2 rings (SSSR count). The lowest BCUT2D eigenvalue weighted by atomic mass is 10.0. The van der Waals surface area contributed by atoms with Gasteiger partial charge in [-0.05, 0) is 36.6 Å². The molecule has 0 fully saturated rings. The van der Waals surface area contributed by atoms with Crippen LogP contribution < -0.4 is 5.32 Å². The number of hydrogen-bond acceptors (Lipinski definition) is 2. The first-order valence-electron chi connectivity index (χ1n) is 6.73. The highest BCUT2D eigenvalue weighted by molar-refractivity contribution is 9.10. The summed E-state index contributed by atoms with van der Waals surface area (Å²) in [6.07, 6.45) is 1.96. The molecule has 0 radical (unpaired) electrons. The Hall–Kier alpha value is -1.79. The lowest BCUT2D eigenvalue weighted by Crippen LogP contribution is -2.21. The van der Waals surface area contributed by atoms with E-state index in [1.165, 1.54) is 5.56 Å². The molecule has 1 atom stereocenters. The third kappa shape index (κ3) is 3.85. The van der Waals surface area contributed by atoms with Crippen LogP contribution in [0.5, 0.6) is 0 Å². The average Bonchev–Trinajstić information content (AvgIpc) is 2.48. The van der Waals surface area contributed by atoms with E-state index in [1.807, 2.05) is 24.3 Å². The van der Waals surface area contributed by atoms with Gasteiger partial charge >= 0.3 is 0 Å². The zero-order valence-corrected chi connectivity index (χ0v) is 13.0. The topological polar surface area (TPSA) is 35.8 Å². The maximum absolute atomic E-state index is 9.18. The number of nitrogens with one attached hydrogen (secondary N) is 1. The van der Waals surface area contributed by atoms with Gasteiger partial charge in [-0.15, -0.1) is 0 Å². The molecular formula is C17H17BrN2. The zero-order chi connectivity index (χ0) is 14.4. The fraction of sp³-hybridized carbons (Fsp3) is 0.235. The van der Waals surface area contributed by atoms with E-state index in [1.54, 1.807) is 0 Å². The Morgan fingerprint density at radius 3 is 2.60 bits per heavy atom. The lowest BCUT2D eigenvalue weighted by Gasteiger charge is -2.19. The summed E-state index contributed by atoms with van der Waals surface area (Å²) in [6.45, 7) is 2.16. The molecule has 1 N–H and O–H groups in total. The number of halogens is 1. The minimum absolute atomic E-state index is 0.318. The Bertz CT molecular complexity index is 602. The van der Waals surface area contributed by atoms with E-state index < -0.39 is 0 Å². The van der Waals surface area contributed by atoms with Crippen molar-refractivity contribution in [2.24, 2.45) is 0 Å². The van der Waals surface area contributed by atoms with Crippen LogP contribution in [-0.2, 0) is 6.42 Å². The fourth-order valence-corrected chi connectivity index (χ4v) is 2.51. The average molecular weight is 329 g/mol. The normalized spacial score (nSPS) is 11.7. The monoisotopic (exact) mass is 328 g/mol. The van der Waals surface area contributed by atoms with E-state index in [2.05, 4.69) is 58.5 Å². The van der Waals surface area contributed by atoms with Crippen molar-refractivity contribution in [2.45, 2.75) is 25.8 Å². The number of nitriles is 1. The molecule has 1 unspecified atom stereocenters. The van der Waals surface area contributed by atoms with Gasteiger partial charge in [-0.25, -0.2) is 0 Å². The molecule has 0 aromatic heterocycles. The first kappa shape index (κ1) is 14.6. The van der Waals surface area contributed by atoms with Crippen LogP contribution in [0.3, 0.4) is 0 Å². The summed E-state index contributed by atoms with van der Waals surface area (Å²) < 4.78 is 0.980. The highest BCUT2D eigenvalue weighted by Gasteiger charge is 2.10. The minimum Gasteiger partial charge on any atom is -0.381 e. The number of benzene rings is 2. The van der Waals surface area contributed by atoms with Gasteiger partial charge in [-0.2, -0.15) is 5.26 Å². The van der Waals surface area contributed by atoms with Gasteiger partial charge in [-0.1, -0.05) is 53.2 Å². The van der Waals surface area contributed by atoms with Crippen LogP contribution in [-0.4, -0.2) is 6.04 Å². The van der Waals surface area contributed by atoms with E-state index in [-0.39, 0.29) is 0 Å². The molecule has 0 aliphatic heterocycles. The number of rotatable bonds is 5. The lowest BCUT2D eigenvalue weighted by molar-refractivity contribution is 0.690. The minimum atomic E-state index is 0.318. The van der Waals surface area contributed by atoms with E-state index in [9.17, 15) is 5.26 Å². The maximum Gasteiger partial charge on any atom is 0.101 e. The number of anilines is 1. The van der Waals surface area contributed by atoms with Crippen LogP contribution in [0.25, 0.3) is 0 Å². The first-order chi connectivity index (χ1) is 9.72. The summed E-state index contributed by atoms with van der Waals surface area (Å²) in [5.41, 5.74) is 2.88. The van der Waals surface area contributed by atoms with Crippen LogP contribution in [0.15, 0.2) is 53.0 Å². The molecule has 0 aliphatic carbocycles. The molecule has 0 heterocycles. The van der Waals surface area contributed by atoms with Crippen LogP contribution in [0.1, 0.15) is 24.5 Å². The summed E-state index contributed by atoms with van der Waals surface area (Å²) in [5.74, 6) is 0. The standard InChI is InChI=1S/C17H17BrN2/c1-2-16(10-13-6-4-3-5-7-13)20-17-11-15(18)9-8-14(17)12-19/h3-9,11,16,20H,2,10H2,1H3. The predicted octanol–water partition coefficient (Wildman–Crippen LogP) is 4.75. The molecule has 0 spiro atoms. The van der Waals surface area contributed by atoms with Gasteiger partial charge in [0.05, 0.1) is 11.3 Å². The molecule has 0 saturated carbocycles. The summed E-state index contributed by atoms with van der Waals surface area (Å²) in [5, 5.41) is 12.7. The van der Waals surface area contributed by atoms with Gasteiger partial charge in [0.25, 0.3) is 0 Å². The van der Waals surface area contributed by atoms with E-state index >= 15 is 0 Å². The predicted molar refractivity (Wildman–Crippen MR) is 86.7 cm³/mol. The van der Waals surface area contributed by atoms with E-state index in [0.717, 1.165) is 23.0 Å². The molecule has 0 bridgehead atoms. The van der Waals surface area contributed by atoms with Crippen molar-refractivity contribution >= 4 is 21.6 Å². The molecule has 2 aromatic rings. The second kappa shape index (κ2) is 7.12. The van der Waals surface area contributed by atoms with Crippen LogP contribution in [0.2, 0.25) is 0 Å². The molecule has 20 heavy (non-hydrogen) atoms. The summed E-state index contributed by atoms with van der Waals surface area (Å²) >= 11 is 3.45. The molecule has 102 valence electrons. The fourth-order valence-electron chi connectivity index (χ4n) is 2.15. The molecule has 0 saturated heterocycles. The van der Waals surface area contributed by atoms with E-state index in [0.29, 0.717) is 11.6 Å². The van der Waals surface area contributed by atoms with Crippen molar-refractivity contribution in [1.29, 1.82) is 5.26 Å². The van der Waals surface area contributed by atoms with Crippen molar-refractivity contribution < 1.29 is 0 Å². The van der Waals surface area contributed by atoms with E-state index in [4.69, 9.17) is 0 Å². The van der Waals surface area contributed by atoms with Gasteiger partial charge in [0, 0.05) is 10.5 Å². The van der Waals surface area contributed by atoms with Gasteiger partial charge in [0.15, 0.2) is 0 Å². The number of nitrogens with zero attached hydrogens (tertiary/aromatic N) is 1. The zero-order valence-electron chi connectivity index (χ0n) is 11.4. The Labute approximate surface area is 128 Å². The SMILES string of the molecule is CCC(Cc1ccccc1)Nc1cc(Br)ccc1C#N. The Morgan fingerprint density at radius 1 is 1.20 bits per heavy atom. The highest BCUT2D eigenvalue weighted by Crippen LogP contribution is 2.22. The van der Waals surface area contributed by atoms with Crippen molar-refractivity contribution in [1.82, 2.24) is 0 Å². The first-order valence-corrected chi connectivity index (χ1v) is 7.52. The van der Waals surface area contributed by atoms with Crippen molar-refractivity contribution in [3.63, 3.8) is 0 Å². The second-order valence-electron chi connectivity index (χ2n) is 4.74. The number of hydrogen-bond donors (Lipinski definition) is 1. The largest absolute Gasteiger partial charge is 0.381 e. The van der Waals surface area contributed by atoms with Gasteiger partial charge in [0.2, 0.25) is 0 Å². The second-order valence-corrected chi connectivity index (χ2v) is 5.66. The van der Waals surface area contributed by atoms with Crippen LogP contribution in [0, 0.1) is 11.3 Å². The van der Waals surface area contributed by atoms with Gasteiger partial charge in [-0.3, -0.25) is 0 Å². The highest BCUT2D eigenvalue weighted by atomic mass is 79.9. The molecular weight excluding hydrogens is 312 g/mol. The van der Waals surface area contributed by atoms with Crippen LogP contribution >= 0.6 is 15.9 Å². The third-order valence-corrected chi connectivity index (χ3v) is 3.77. The molecule has 0 aliphatic rings. The summed E-state index contributed by atoms with van der Waals surface area (Å²) in [4.78, 5) is 0. The van der Waals surface area contributed by atoms with Gasteiger partial charge < -0.3 is 5.32 Å². The van der Waals surface area contributed by atoms with Crippen molar-refractivity contribution in [2.75, 3.05) is 5.32 Å². The van der Waals surface area contributed by atoms with Crippen molar-refractivity contribution in [3.05, 3.63) is 64.1 Å². The quantitative estimate of drug-likeness (QED) is 0.859. The Kier molecular flexibility index (Phi) is 5.20. The molecule has 0 amide bonds. The summed E-state index contributed by atoms with van der Waals surface area (Å²) in [6, 6.07) is 18.7. The molecule has 3 heteroatoms. The Morgan fingerprint density at radius 2 is 1.95 bits per heavy atom. The van der Waals surface area contributed by atoms with Crippen molar-refractivity contribution in [3.8, 4) is 6.07 Å². The molecule has 2 nitrogen and oxygen atoms in total. The van der Waals surface area contributed by atoms with Gasteiger partial charge in [0.1, 0.15) is 6.07 Å². The van der Waals surface area contributed by atoms with Crippen LogP contribution in [0.4, 0.5) is 5.69 Å². The smallest absolute Gasteiger partial charge is 0.101 e. The third-order valence-electron chi connectivity index (χ3n) is 3.28. The summed E-state index contributed by atoms with van der Waals surface area (Å²) in [7, 11) is 0.